The molecular formula is C19H32O4. The predicted octanol–water partition coefficient (Wildman–Crippen LogP) is 4.88. The van der Waals surface area contributed by atoms with Gasteiger partial charge in [0.1, 0.15) is 11.7 Å². The number of carboxylic acids is 1. The van der Waals surface area contributed by atoms with E-state index in [0.717, 1.165) is 25.7 Å². The maximum Gasteiger partial charge on any atom is 0.308 e. The first kappa shape index (κ1) is 18.5. The molecule has 0 aromatic heterocycles. The zero-order valence-corrected chi connectivity index (χ0v) is 15.3. The van der Waals surface area contributed by atoms with Gasteiger partial charge in [0.05, 0.1) is 5.92 Å². The van der Waals surface area contributed by atoms with Gasteiger partial charge in [0, 0.05) is 0 Å². The summed E-state index contributed by atoms with van der Waals surface area (Å²) in [5.41, 5.74) is 3.10. The summed E-state index contributed by atoms with van der Waals surface area (Å²) >= 11 is 0. The van der Waals surface area contributed by atoms with E-state index in [4.69, 9.17) is 14.9 Å². The quantitative estimate of drug-likeness (QED) is 0.578. The van der Waals surface area contributed by atoms with Crippen LogP contribution in [-0.2, 0) is 14.6 Å². The van der Waals surface area contributed by atoms with Gasteiger partial charge in [0.2, 0.25) is 0 Å². The molecule has 0 spiro atoms. The van der Waals surface area contributed by atoms with Gasteiger partial charge in [0.25, 0.3) is 0 Å². The molecule has 0 amide bonds. The van der Waals surface area contributed by atoms with E-state index < -0.39 is 11.9 Å². The highest BCUT2D eigenvalue weighted by Gasteiger charge is 2.39. The first-order chi connectivity index (χ1) is 10.6. The fourth-order valence-corrected chi connectivity index (χ4v) is 3.99. The van der Waals surface area contributed by atoms with Gasteiger partial charge < -0.3 is 5.11 Å². The fraction of sp³-hybridized carbons (Fsp3) is 0.842. The molecule has 1 aliphatic carbocycles. The average Bonchev–Trinajstić information content (AvgIpc) is 2.46. The Balaban J connectivity index is 1.93. The predicted molar refractivity (Wildman–Crippen MR) is 90.0 cm³/mol. The summed E-state index contributed by atoms with van der Waals surface area (Å²) in [5, 5.41) is 9.08. The molecule has 0 aromatic rings. The number of allylic oxidation sites excluding steroid dienone is 2. The third-order valence-corrected chi connectivity index (χ3v) is 5.87. The lowest BCUT2D eigenvalue weighted by atomic mass is 9.70. The van der Waals surface area contributed by atoms with Gasteiger partial charge in [-0.3, -0.25) is 4.79 Å². The van der Waals surface area contributed by atoms with Crippen LogP contribution in [0.25, 0.3) is 0 Å². The van der Waals surface area contributed by atoms with E-state index in [1.807, 2.05) is 0 Å². The highest BCUT2D eigenvalue weighted by molar-refractivity contribution is 5.70. The van der Waals surface area contributed by atoms with Gasteiger partial charge in [0.15, 0.2) is 0 Å². The van der Waals surface area contributed by atoms with Crippen LogP contribution in [0.5, 0.6) is 0 Å². The van der Waals surface area contributed by atoms with Crippen molar-refractivity contribution < 1.29 is 19.7 Å². The number of carboxylic acid groups (broad SMARTS) is 1. The van der Waals surface area contributed by atoms with E-state index in [0.29, 0.717) is 0 Å². The third-order valence-electron chi connectivity index (χ3n) is 5.87. The molecule has 0 saturated carbocycles. The van der Waals surface area contributed by atoms with Crippen LogP contribution in [0.15, 0.2) is 11.1 Å². The Morgan fingerprint density at radius 1 is 1.35 bits per heavy atom. The van der Waals surface area contributed by atoms with Crippen molar-refractivity contribution in [3.05, 3.63) is 11.1 Å². The third kappa shape index (κ3) is 4.36. The molecule has 1 heterocycles. The van der Waals surface area contributed by atoms with Gasteiger partial charge in [-0.05, 0) is 71.1 Å². The molecular weight excluding hydrogens is 292 g/mol. The summed E-state index contributed by atoms with van der Waals surface area (Å²) in [6, 6.07) is 0. The van der Waals surface area contributed by atoms with E-state index in [9.17, 15) is 4.79 Å². The summed E-state index contributed by atoms with van der Waals surface area (Å²) in [5.74, 6) is -1.35. The van der Waals surface area contributed by atoms with Crippen molar-refractivity contribution in [3.8, 4) is 0 Å². The maximum absolute atomic E-state index is 11.1. The van der Waals surface area contributed by atoms with E-state index in [1.54, 1.807) is 18.1 Å². The second kappa shape index (κ2) is 6.94. The Morgan fingerprint density at radius 2 is 2.04 bits per heavy atom. The van der Waals surface area contributed by atoms with Crippen LogP contribution in [0.4, 0.5) is 0 Å². The molecule has 0 radical (unpaired) electrons. The monoisotopic (exact) mass is 324 g/mol. The van der Waals surface area contributed by atoms with Crippen LogP contribution in [0.1, 0.15) is 79.6 Å². The second-order valence-electron chi connectivity index (χ2n) is 8.33. The molecule has 1 aliphatic heterocycles. The van der Waals surface area contributed by atoms with Gasteiger partial charge in [-0.25, -0.2) is 9.78 Å². The van der Waals surface area contributed by atoms with Crippen LogP contribution in [0.2, 0.25) is 0 Å². The van der Waals surface area contributed by atoms with Crippen molar-refractivity contribution in [1.29, 1.82) is 0 Å². The molecule has 2 aliphatic rings. The largest absolute Gasteiger partial charge is 0.481 e. The number of hydrogen-bond donors (Lipinski definition) is 1. The van der Waals surface area contributed by atoms with E-state index in [2.05, 4.69) is 27.7 Å². The van der Waals surface area contributed by atoms with Crippen LogP contribution in [0.3, 0.4) is 0 Å². The first-order valence-corrected chi connectivity index (χ1v) is 8.91. The first-order valence-electron chi connectivity index (χ1n) is 8.91. The Labute approximate surface area is 140 Å². The van der Waals surface area contributed by atoms with Crippen LogP contribution in [-0.4, -0.2) is 22.8 Å². The highest BCUT2D eigenvalue weighted by Crippen LogP contribution is 2.44. The zero-order valence-electron chi connectivity index (χ0n) is 15.3. The maximum atomic E-state index is 11.1. The lowest BCUT2D eigenvalue weighted by Crippen LogP contribution is -2.41. The Kier molecular flexibility index (Phi) is 5.57. The van der Waals surface area contributed by atoms with Gasteiger partial charge in [-0.15, -0.1) is 0 Å². The fourth-order valence-electron chi connectivity index (χ4n) is 3.99. The lowest BCUT2D eigenvalue weighted by Gasteiger charge is -2.40. The summed E-state index contributed by atoms with van der Waals surface area (Å²) in [4.78, 5) is 22.2. The molecule has 2 rings (SSSR count). The summed E-state index contributed by atoms with van der Waals surface area (Å²) in [7, 11) is 0. The molecule has 23 heavy (non-hydrogen) atoms. The number of aliphatic carboxylic acids is 1. The van der Waals surface area contributed by atoms with Crippen LogP contribution in [0, 0.1) is 11.3 Å². The van der Waals surface area contributed by atoms with E-state index in [1.165, 1.54) is 19.3 Å². The Morgan fingerprint density at radius 3 is 2.57 bits per heavy atom. The van der Waals surface area contributed by atoms with E-state index in [-0.39, 0.29) is 17.1 Å². The van der Waals surface area contributed by atoms with Crippen molar-refractivity contribution in [3.63, 3.8) is 0 Å². The molecule has 1 fully saturated rings. The molecule has 4 heteroatoms. The van der Waals surface area contributed by atoms with Gasteiger partial charge in [-0.2, -0.15) is 0 Å². The average molecular weight is 324 g/mol. The second-order valence-corrected chi connectivity index (χ2v) is 8.33. The van der Waals surface area contributed by atoms with Crippen LogP contribution < -0.4 is 0 Å². The molecule has 0 aromatic carbocycles. The van der Waals surface area contributed by atoms with E-state index >= 15 is 0 Å². The van der Waals surface area contributed by atoms with Crippen molar-refractivity contribution in [2.75, 3.05) is 0 Å². The number of rotatable bonds is 5. The van der Waals surface area contributed by atoms with Crippen molar-refractivity contribution >= 4 is 5.97 Å². The molecule has 0 bridgehead atoms. The minimum Gasteiger partial charge on any atom is -0.481 e. The summed E-state index contributed by atoms with van der Waals surface area (Å²) in [6.45, 7) is 10.7. The molecule has 1 unspecified atom stereocenters. The highest BCUT2D eigenvalue weighted by atomic mass is 17.2. The van der Waals surface area contributed by atoms with Crippen LogP contribution >= 0.6 is 0 Å². The van der Waals surface area contributed by atoms with Gasteiger partial charge >= 0.3 is 5.97 Å². The SMILES string of the molecule is CC1=C(CC[C@]2(C)CC[C@H](C(C)C(=O)O)OO2)C(C)(C)CCC1. The molecule has 4 nitrogen and oxygen atoms in total. The molecule has 132 valence electrons. The standard InChI is InChI=1S/C19H32O4/c1-13-7-6-10-18(3,4)15(13)8-11-19(5)12-9-16(22-23-19)14(2)17(20)21/h14,16H,6-12H2,1-5H3,(H,20,21)/t14?,16-,19-/m1/s1. The van der Waals surface area contributed by atoms with Crippen molar-refractivity contribution in [2.24, 2.45) is 11.3 Å². The summed E-state index contributed by atoms with van der Waals surface area (Å²) < 4.78 is 0. The Bertz CT molecular complexity index is 470. The minimum absolute atomic E-state index is 0.286. The topological polar surface area (TPSA) is 55.8 Å². The smallest absolute Gasteiger partial charge is 0.308 e. The molecule has 3 atom stereocenters. The number of carbonyl (C=O) groups is 1. The number of hydrogen-bond acceptors (Lipinski definition) is 3. The zero-order chi connectivity index (χ0) is 17.3. The minimum atomic E-state index is -0.827. The Hall–Kier alpha value is -0.870. The lowest BCUT2D eigenvalue weighted by molar-refractivity contribution is -0.411. The summed E-state index contributed by atoms with van der Waals surface area (Å²) in [6.07, 6.45) is 6.97. The molecule has 1 N–H and O–H groups in total. The van der Waals surface area contributed by atoms with Gasteiger partial charge in [-0.1, -0.05) is 25.0 Å². The van der Waals surface area contributed by atoms with Crippen molar-refractivity contribution in [1.82, 2.24) is 0 Å². The normalized spacial score (nSPS) is 32.7. The van der Waals surface area contributed by atoms with Crippen molar-refractivity contribution in [2.45, 2.75) is 91.3 Å². The molecule has 1 saturated heterocycles.